The van der Waals surface area contributed by atoms with Crippen LogP contribution in [0.25, 0.3) is 11.0 Å². The second-order valence-corrected chi connectivity index (χ2v) is 6.71. The van der Waals surface area contributed by atoms with Gasteiger partial charge >= 0.3 is 0 Å². The number of H-pyrrole nitrogens is 1. The Kier molecular flexibility index (Phi) is 4.44. The Balaban J connectivity index is 1.60. The highest BCUT2D eigenvalue weighted by Gasteiger charge is 2.30. The van der Waals surface area contributed by atoms with Gasteiger partial charge in [-0.3, -0.25) is 4.79 Å². The number of likely N-dealkylation sites (tertiary alicyclic amines) is 1. The molecule has 0 radical (unpaired) electrons. The lowest BCUT2D eigenvalue weighted by Gasteiger charge is -2.34. The molecule has 0 spiro atoms. The summed E-state index contributed by atoms with van der Waals surface area (Å²) in [5.74, 6) is 1.41. The van der Waals surface area contributed by atoms with E-state index in [0.717, 1.165) is 42.8 Å². The number of hydrogen-bond donors (Lipinski definition) is 1. The summed E-state index contributed by atoms with van der Waals surface area (Å²) in [7, 11) is 0. The zero-order valence-corrected chi connectivity index (χ0v) is 14.8. The number of aromatic nitrogens is 4. The van der Waals surface area contributed by atoms with Crippen molar-refractivity contribution < 1.29 is 9.18 Å². The number of fused-ring (bicyclic) bond motifs is 1. The zero-order valence-electron chi connectivity index (χ0n) is 14.8. The molecule has 3 heterocycles. The van der Waals surface area contributed by atoms with E-state index < -0.39 is 0 Å². The van der Waals surface area contributed by atoms with Crippen LogP contribution in [-0.2, 0) is 17.8 Å². The third kappa shape index (κ3) is 3.09. The Hall–Kier alpha value is -2.70. The zero-order chi connectivity index (χ0) is 18.1. The number of imidazole rings is 2. The molecular formula is C19H22FN5O. The molecule has 1 fully saturated rings. The molecule has 6 nitrogen and oxygen atoms in total. The summed E-state index contributed by atoms with van der Waals surface area (Å²) < 4.78 is 15.4. The highest BCUT2D eigenvalue weighted by molar-refractivity contribution is 5.78. The summed E-state index contributed by atoms with van der Waals surface area (Å²) in [6.45, 7) is 3.03. The van der Waals surface area contributed by atoms with Crippen molar-refractivity contribution in [1.82, 2.24) is 24.4 Å². The van der Waals surface area contributed by atoms with Crippen molar-refractivity contribution in [1.29, 1.82) is 0 Å². The maximum absolute atomic E-state index is 13.5. The molecular weight excluding hydrogens is 333 g/mol. The molecule has 136 valence electrons. The molecule has 0 saturated carbocycles. The summed E-state index contributed by atoms with van der Waals surface area (Å²) in [6, 6.07) is 4.42. The quantitative estimate of drug-likeness (QED) is 0.781. The van der Waals surface area contributed by atoms with E-state index in [0.29, 0.717) is 12.1 Å². The van der Waals surface area contributed by atoms with Gasteiger partial charge in [-0.2, -0.15) is 0 Å². The number of rotatable bonds is 4. The summed E-state index contributed by atoms with van der Waals surface area (Å²) in [5, 5.41) is 0. The lowest BCUT2D eigenvalue weighted by Crippen LogP contribution is -2.40. The van der Waals surface area contributed by atoms with Gasteiger partial charge in [0.2, 0.25) is 5.91 Å². The van der Waals surface area contributed by atoms with Crippen LogP contribution >= 0.6 is 0 Å². The minimum Gasteiger partial charge on any atom is -0.340 e. The number of benzene rings is 1. The number of halogens is 1. The predicted octanol–water partition coefficient (Wildman–Crippen LogP) is 3.21. The maximum atomic E-state index is 13.5. The summed E-state index contributed by atoms with van der Waals surface area (Å²) in [5.41, 5.74) is 1.39. The summed E-state index contributed by atoms with van der Waals surface area (Å²) >= 11 is 0. The average Bonchev–Trinajstić information content (AvgIpc) is 3.27. The molecule has 1 N–H and O–H groups in total. The van der Waals surface area contributed by atoms with Crippen LogP contribution in [0.5, 0.6) is 0 Å². The Morgan fingerprint density at radius 1 is 1.38 bits per heavy atom. The van der Waals surface area contributed by atoms with Crippen molar-refractivity contribution >= 4 is 16.9 Å². The van der Waals surface area contributed by atoms with Crippen molar-refractivity contribution in [2.45, 2.75) is 45.2 Å². The Morgan fingerprint density at radius 2 is 2.27 bits per heavy atom. The molecule has 1 amide bonds. The SMILES string of the molecule is CCc1nccn1CC(=O)N1CCCCC1c1nc2ccc(F)cc2[nH]1. The number of piperidine rings is 1. The van der Waals surface area contributed by atoms with Crippen LogP contribution in [0.15, 0.2) is 30.6 Å². The van der Waals surface area contributed by atoms with Gasteiger partial charge in [-0.15, -0.1) is 0 Å². The molecule has 1 atom stereocenters. The lowest BCUT2D eigenvalue weighted by atomic mass is 10.0. The van der Waals surface area contributed by atoms with Gasteiger partial charge in [-0.1, -0.05) is 6.92 Å². The van der Waals surface area contributed by atoms with E-state index in [2.05, 4.69) is 15.0 Å². The van der Waals surface area contributed by atoms with Gasteiger partial charge in [0.05, 0.1) is 17.1 Å². The number of carbonyl (C=O) groups excluding carboxylic acids is 1. The van der Waals surface area contributed by atoms with Crippen molar-refractivity contribution in [2.75, 3.05) is 6.54 Å². The highest BCUT2D eigenvalue weighted by atomic mass is 19.1. The first-order valence-corrected chi connectivity index (χ1v) is 9.10. The standard InChI is InChI=1S/C19H22FN5O/c1-2-17-21-8-10-24(17)12-18(26)25-9-4-3-5-16(25)19-22-14-7-6-13(20)11-15(14)23-19/h6-8,10-11,16H,2-5,9,12H2,1H3,(H,22,23). The third-order valence-electron chi connectivity index (χ3n) is 5.02. The number of amides is 1. The fourth-order valence-corrected chi connectivity index (χ4v) is 3.71. The minimum atomic E-state index is -0.295. The van der Waals surface area contributed by atoms with E-state index >= 15 is 0 Å². The van der Waals surface area contributed by atoms with Crippen LogP contribution in [0.1, 0.15) is 43.9 Å². The van der Waals surface area contributed by atoms with Crippen molar-refractivity contribution in [3.8, 4) is 0 Å². The third-order valence-corrected chi connectivity index (χ3v) is 5.02. The second kappa shape index (κ2) is 6.90. The Bertz CT molecular complexity index is 931. The second-order valence-electron chi connectivity index (χ2n) is 6.71. The van der Waals surface area contributed by atoms with Gasteiger partial charge in [0, 0.05) is 25.4 Å². The first kappa shape index (κ1) is 16.8. The topological polar surface area (TPSA) is 66.8 Å². The van der Waals surface area contributed by atoms with Crippen LogP contribution in [-0.4, -0.2) is 36.9 Å². The Labute approximate surface area is 151 Å². The molecule has 7 heteroatoms. The van der Waals surface area contributed by atoms with E-state index in [1.165, 1.54) is 12.1 Å². The monoisotopic (exact) mass is 355 g/mol. The largest absolute Gasteiger partial charge is 0.340 e. The van der Waals surface area contributed by atoms with Crippen LogP contribution in [0.2, 0.25) is 0 Å². The molecule has 1 unspecified atom stereocenters. The molecule has 1 saturated heterocycles. The first-order chi connectivity index (χ1) is 12.7. The van der Waals surface area contributed by atoms with E-state index in [4.69, 9.17) is 0 Å². The van der Waals surface area contributed by atoms with Crippen LogP contribution in [0.4, 0.5) is 4.39 Å². The predicted molar refractivity (Wildman–Crippen MR) is 96.0 cm³/mol. The van der Waals surface area contributed by atoms with E-state index in [9.17, 15) is 9.18 Å². The van der Waals surface area contributed by atoms with Gasteiger partial charge in [0.25, 0.3) is 0 Å². The molecule has 0 bridgehead atoms. The fraction of sp³-hybridized carbons (Fsp3) is 0.421. The molecule has 1 aliphatic heterocycles. The number of carbonyl (C=O) groups is 1. The number of aromatic amines is 1. The molecule has 2 aromatic heterocycles. The van der Waals surface area contributed by atoms with Gasteiger partial charge in [0.1, 0.15) is 24.0 Å². The van der Waals surface area contributed by atoms with Crippen molar-refractivity contribution in [3.63, 3.8) is 0 Å². The van der Waals surface area contributed by atoms with Gasteiger partial charge < -0.3 is 14.5 Å². The van der Waals surface area contributed by atoms with Gasteiger partial charge in [-0.05, 0) is 37.5 Å². The molecule has 0 aliphatic carbocycles. The molecule has 26 heavy (non-hydrogen) atoms. The molecule has 1 aliphatic rings. The average molecular weight is 355 g/mol. The van der Waals surface area contributed by atoms with Gasteiger partial charge in [0.15, 0.2) is 0 Å². The molecule has 3 aromatic rings. The van der Waals surface area contributed by atoms with Gasteiger partial charge in [-0.25, -0.2) is 14.4 Å². The van der Waals surface area contributed by atoms with E-state index in [1.54, 1.807) is 12.3 Å². The van der Waals surface area contributed by atoms with E-state index in [-0.39, 0.29) is 24.3 Å². The van der Waals surface area contributed by atoms with Crippen LogP contribution in [0.3, 0.4) is 0 Å². The van der Waals surface area contributed by atoms with Crippen molar-refractivity contribution in [3.05, 3.63) is 48.1 Å². The number of aryl methyl sites for hydroxylation is 1. The molecule has 1 aromatic carbocycles. The first-order valence-electron chi connectivity index (χ1n) is 9.10. The normalized spacial score (nSPS) is 17.8. The number of nitrogens with zero attached hydrogens (tertiary/aromatic N) is 4. The summed E-state index contributed by atoms with van der Waals surface area (Å²) in [6.07, 6.45) is 7.26. The maximum Gasteiger partial charge on any atom is 0.243 e. The summed E-state index contributed by atoms with van der Waals surface area (Å²) in [4.78, 5) is 27.0. The lowest BCUT2D eigenvalue weighted by molar-refractivity contribution is -0.136. The smallest absolute Gasteiger partial charge is 0.243 e. The molecule has 4 rings (SSSR count). The van der Waals surface area contributed by atoms with Crippen molar-refractivity contribution in [2.24, 2.45) is 0 Å². The fourth-order valence-electron chi connectivity index (χ4n) is 3.71. The van der Waals surface area contributed by atoms with Crippen LogP contribution < -0.4 is 0 Å². The van der Waals surface area contributed by atoms with Crippen LogP contribution in [0, 0.1) is 5.82 Å². The highest BCUT2D eigenvalue weighted by Crippen LogP contribution is 2.31. The number of hydrogen-bond acceptors (Lipinski definition) is 3. The minimum absolute atomic E-state index is 0.0639. The Morgan fingerprint density at radius 3 is 3.12 bits per heavy atom. The number of nitrogens with one attached hydrogen (secondary N) is 1. The van der Waals surface area contributed by atoms with E-state index in [1.807, 2.05) is 22.6 Å².